The molecule has 0 radical (unpaired) electrons. The zero-order chi connectivity index (χ0) is 14.2. The Balaban J connectivity index is 1.58. The summed E-state index contributed by atoms with van der Waals surface area (Å²) >= 11 is 0. The van der Waals surface area contributed by atoms with Crippen LogP contribution in [0.1, 0.15) is 43.6 Å². The maximum absolute atomic E-state index is 11.9. The predicted molar refractivity (Wildman–Crippen MR) is 78.5 cm³/mol. The average molecular weight is 293 g/mol. The van der Waals surface area contributed by atoms with E-state index < -0.39 is 15.1 Å². The smallest absolute Gasteiger partial charge is 0.225 e. The first-order valence-corrected chi connectivity index (χ1v) is 8.87. The molecule has 4 nitrogen and oxygen atoms in total. The first-order chi connectivity index (χ1) is 9.54. The van der Waals surface area contributed by atoms with E-state index in [0.717, 1.165) is 5.69 Å². The number of benzene rings is 1. The van der Waals surface area contributed by atoms with Crippen molar-refractivity contribution in [1.29, 1.82) is 0 Å². The second kappa shape index (κ2) is 5.20. The number of anilines is 1. The number of carbonyl (C=O) groups excluding carboxylic acids is 1. The quantitative estimate of drug-likeness (QED) is 0.927. The van der Waals surface area contributed by atoms with Crippen LogP contribution in [0, 0.1) is 0 Å². The lowest BCUT2D eigenvalue weighted by Gasteiger charge is -2.10. The largest absolute Gasteiger partial charge is 0.326 e. The Kier molecular flexibility index (Phi) is 3.54. The number of carbonyl (C=O) groups is 1. The van der Waals surface area contributed by atoms with Crippen LogP contribution in [0.15, 0.2) is 24.3 Å². The van der Waals surface area contributed by atoms with Gasteiger partial charge in [0.05, 0.1) is 11.0 Å². The summed E-state index contributed by atoms with van der Waals surface area (Å²) in [5.41, 5.74) is 2.07. The number of sulfone groups is 1. The molecule has 20 heavy (non-hydrogen) atoms. The predicted octanol–water partition coefficient (Wildman–Crippen LogP) is 2.47. The third-order valence-corrected chi connectivity index (χ3v) is 6.39. The molecule has 1 aliphatic carbocycles. The minimum atomic E-state index is -3.04. The van der Waals surface area contributed by atoms with E-state index in [-0.39, 0.29) is 18.1 Å². The van der Waals surface area contributed by atoms with Gasteiger partial charge in [0, 0.05) is 12.1 Å². The van der Waals surface area contributed by atoms with Crippen LogP contribution in [-0.4, -0.2) is 25.3 Å². The van der Waals surface area contributed by atoms with Crippen molar-refractivity contribution in [3.05, 3.63) is 29.8 Å². The molecule has 5 heteroatoms. The molecule has 1 aliphatic heterocycles. The van der Waals surface area contributed by atoms with Gasteiger partial charge in [-0.25, -0.2) is 8.42 Å². The molecule has 2 aliphatic rings. The molecule has 108 valence electrons. The molecule has 1 aromatic carbocycles. The molecule has 1 aromatic rings. The van der Waals surface area contributed by atoms with Crippen molar-refractivity contribution in [2.75, 3.05) is 11.1 Å². The van der Waals surface area contributed by atoms with Gasteiger partial charge in [0.1, 0.15) is 0 Å². The molecule has 1 atom stereocenters. The van der Waals surface area contributed by atoms with E-state index in [2.05, 4.69) is 5.32 Å². The summed E-state index contributed by atoms with van der Waals surface area (Å²) < 4.78 is 23.4. The minimum Gasteiger partial charge on any atom is -0.326 e. The Morgan fingerprint density at radius 3 is 2.40 bits per heavy atom. The minimum absolute atomic E-state index is 0.0761. The van der Waals surface area contributed by atoms with E-state index in [4.69, 9.17) is 0 Å². The Hall–Kier alpha value is -1.36. The van der Waals surface area contributed by atoms with Crippen molar-refractivity contribution in [3.8, 4) is 0 Å². The van der Waals surface area contributed by atoms with Gasteiger partial charge < -0.3 is 5.32 Å². The number of hydrogen-bond acceptors (Lipinski definition) is 3. The van der Waals surface area contributed by atoms with Gasteiger partial charge in [-0.1, -0.05) is 12.1 Å². The van der Waals surface area contributed by atoms with E-state index in [1.165, 1.54) is 18.4 Å². The second-order valence-electron chi connectivity index (χ2n) is 5.78. The lowest BCUT2D eigenvalue weighted by molar-refractivity contribution is -0.116. The van der Waals surface area contributed by atoms with Crippen LogP contribution < -0.4 is 5.32 Å². The summed E-state index contributed by atoms with van der Waals surface area (Å²) in [7, 11) is -3.04. The number of nitrogens with one attached hydrogen (secondary N) is 1. The summed E-state index contributed by atoms with van der Waals surface area (Å²) in [6, 6.07) is 7.88. The standard InChI is InChI=1S/C15H19NO3S/c17-15(10-14-2-1-9-20(14,18)19)16-13-7-5-12(6-8-13)11-3-4-11/h5-8,11,14H,1-4,9-10H2,(H,16,17). The highest BCUT2D eigenvalue weighted by Gasteiger charge is 2.32. The Morgan fingerprint density at radius 2 is 1.85 bits per heavy atom. The fourth-order valence-corrected chi connectivity index (χ4v) is 4.59. The Morgan fingerprint density at radius 1 is 1.15 bits per heavy atom. The topological polar surface area (TPSA) is 63.2 Å². The molecular formula is C15H19NO3S. The van der Waals surface area contributed by atoms with Crippen molar-refractivity contribution in [2.24, 2.45) is 0 Å². The Labute approximate surface area is 119 Å². The summed E-state index contributed by atoms with van der Waals surface area (Å²) in [5.74, 6) is 0.712. The summed E-state index contributed by atoms with van der Waals surface area (Å²) in [5, 5.41) is 2.30. The fourth-order valence-electron chi connectivity index (χ4n) is 2.76. The highest BCUT2D eigenvalue weighted by Crippen LogP contribution is 2.40. The van der Waals surface area contributed by atoms with Crippen LogP contribution in [0.5, 0.6) is 0 Å². The molecule has 3 rings (SSSR count). The first-order valence-electron chi connectivity index (χ1n) is 7.16. The summed E-state index contributed by atoms with van der Waals surface area (Å²) in [6.45, 7) is 0. The van der Waals surface area contributed by atoms with Crippen molar-refractivity contribution < 1.29 is 13.2 Å². The molecule has 0 bridgehead atoms. The maximum Gasteiger partial charge on any atom is 0.225 e. The van der Waals surface area contributed by atoms with Gasteiger partial charge in [0.15, 0.2) is 9.84 Å². The van der Waals surface area contributed by atoms with Crippen LogP contribution in [0.4, 0.5) is 5.69 Å². The van der Waals surface area contributed by atoms with Crippen LogP contribution in [0.25, 0.3) is 0 Å². The van der Waals surface area contributed by atoms with Crippen molar-refractivity contribution in [3.63, 3.8) is 0 Å². The Bertz CT molecular complexity index is 603. The zero-order valence-corrected chi connectivity index (χ0v) is 12.2. The second-order valence-corrected chi connectivity index (χ2v) is 8.18. The lowest BCUT2D eigenvalue weighted by Crippen LogP contribution is -2.23. The zero-order valence-electron chi connectivity index (χ0n) is 11.3. The van der Waals surface area contributed by atoms with Gasteiger partial charge >= 0.3 is 0 Å². The monoisotopic (exact) mass is 293 g/mol. The van der Waals surface area contributed by atoms with E-state index in [9.17, 15) is 13.2 Å². The van der Waals surface area contributed by atoms with E-state index in [1.54, 1.807) is 0 Å². The molecule has 0 aromatic heterocycles. The van der Waals surface area contributed by atoms with Gasteiger partial charge in [-0.2, -0.15) is 0 Å². The first kappa shape index (κ1) is 13.6. The summed E-state index contributed by atoms with van der Waals surface area (Å²) in [6.07, 6.45) is 3.87. The molecule has 1 unspecified atom stereocenters. The highest BCUT2D eigenvalue weighted by atomic mass is 32.2. The van der Waals surface area contributed by atoms with Crippen LogP contribution in [0.3, 0.4) is 0 Å². The lowest BCUT2D eigenvalue weighted by atomic mass is 10.1. The molecular weight excluding hydrogens is 274 g/mol. The maximum atomic E-state index is 11.9. The van der Waals surface area contributed by atoms with Gasteiger partial charge in [-0.15, -0.1) is 0 Å². The van der Waals surface area contributed by atoms with Gasteiger partial charge in [0.25, 0.3) is 0 Å². The van der Waals surface area contributed by atoms with Crippen molar-refractivity contribution in [1.82, 2.24) is 0 Å². The molecule has 1 N–H and O–H groups in total. The molecule has 1 amide bonds. The normalized spacial score (nSPS) is 24.5. The van der Waals surface area contributed by atoms with Crippen LogP contribution >= 0.6 is 0 Å². The van der Waals surface area contributed by atoms with Gasteiger partial charge in [-0.05, 0) is 49.3 Å². The van der Waals surface area contributed by atoms with E-state index >= 15 is 0 Å². The van der Waals surface area contributed by atoms with Gasteiger partial charge in [0.2, 0.25) is 5.91 Å². The van der Waals surface area contributed by atoms with Crippen molar-refractivity contribution in [2.45, 2.75) is 43.3 Å². The highest BCUT2D eigenvalue weighted by molar-refractivity contribution is 7.92. The van der Waals surface area contributed by atoms with Crippen molar-refractivity contribution >= 4 is 21.4 Å². The van der Waals surface area contributed by atoms with Crippen LogP contribution in [-0.2, 0) is 14.6 Å². The molecule has 2 fully saturated rings. The third kappa shape index (κ3) is 3.03. The average Bonchev–Trinajstić information content (AvgIpc) is 3.18. The molecule has 1 saturated carbocycles. The number of rotatable bonds is 4. The van der Waals surface area contributed by atoms with Crippen LogP contribution in [0.2, 0.25) is 0 Å². The number of hydrogen-bond donors (Lipinski definition) is 1. The van der Waals surface area contributed by atoms with E-state index in [1.807, 2.05) is 24.3 Å². The molecule has 1 heterocycles. The molecule has 0 spiro atoms. The fraction of sp³-hybridized carbons (Fsp3) is 0.533. The third-order valence-electron chi connectivity index (χ3n) is 4.12. The number of amides is 1. The van der Waals surface area contributed by atoms with E-state index in [0.29, 0.717) is 18.8 Å². The SMILES string of the molecule is O=C(CC1CCCS1(=O)=O)Nc1ccc(C2CC2)cc1. The summed E-state index contributed by atoms with van der Waals surface area (Å²) in [4.78, 5) is 11.9. The van der Waals surface area contributed by atoms with Gasteiger partial charge in [-0.3, -0.25) is 4.79 Å². The molecule has 1 saturated heterocycles.